The normalized spacial score (nSPS) is 34.1. The average molecular weight is 466 g/mol. The summed E-state index contributed by atoms with van der Waals surface area (Å²) in [4.78, 5) is 0. The zero-order valence-electron chi connectivity index (χ0n) is 11.0. The number of hydrogen-bond donors (Lipinski definition) is 0. The van der Waals surface area contributed by atoms with Crippen LogP contribution in [0.3, 0.4) is 0 Å². The molecule has 1 saturated carbocycles. The molecule has 0 saturated heterocycles. The van der Waals surface area contributed by atoms with E-state index >= 15 is 0 Å². The predicted molar refractivity (Wildman–Crippen MR) is 97.0 cm³/mol. The van der Waals surface area contributed by atoms with Gasteiger partial charge in [0.25, 0.3) is 0 Å². The molecule has 2 aliphatic carbocycles. The van der Waals surface area contributed by atoms with E-state index < -0.39 is 0 Å². The molecule has 2 heteroatoms. The van der Waals surface area contributed by atoms with Gasteiger partial charge in [0.1, 0.15) is 0 Å². The Morgan fingerprint density at radius 1 is 1.56 bits per heavy atom. The van der Waals surface area contributed by atoms with Gasteiger partial charge in [-0.15, -0.1) is 0 Å². The summed E-state index contributed by atoms with van der Waals surface area (Å²) >= 11 is 4.81. The van der Waals surface area contributed by atoms with Crippen molar-refractivity contribution in [1.29, 1.82) is 0 Å². The van der Waals surface area contributed by atoms with Gasteiger partial charge in [-0.05, 0) is 81.2 Å². The van der Waals surface area contributed by atoms with Gasteiger partial charge in [0.15, 0.2) is 0 Å². The topological polar surface area (TPSA) is 0 Å². The summed E-state index contributed by atoms with van der Waals surface area (Å²) in [5.41, 5.74) is 0.434. The molecule has 2 rings (SSSR count). The SMILES string of the molecule is C=C/C(I)=C\CC1CC(C)(C)C2C=C(I)C=CC12. The molecule has 1 fully saturated rings. The molecule has 0 N–H and O–H groups in total. The van der Waals surface area contributed by atoms with Crippen molar-refractivity contribution in [1.82, 2.24) is 0 Å². The Balaban J connectivity index is 2.16. The second-order valence-corrected chi connectivity index (χ2v) is 8.49. The van der Waals surface area contributed by atoms with E-state index in [-0.39, 0.29) is 0 Å². The van der Waals surface area contributed by atoms with E-state index in [4.69, 9.17) is 0 Å². The van der Waals surface area contributed by atoms with Crippen molar-refractivity contribution < 1.29 is 0 Å². The van der Waals surface area contributed by atoms with Crippen molar-refractivity contribution in [3.8, 4) is 0 Å². The van der Waals surface area contributed by atoms with Gasteiger partial charge in [-0.2, -0.15) is 0 Å². The third-order valence-electron chi connectivity index (χ3n) is 4.28. The molecule has 2 aliphatic rings. The zero-order chi connectivity index (χ0) is 13.3. The first kappa shape index (κ1) is 14.8. The molecule has 18 heavy (non-hydrogen) atoms. The lowest BCUT2D eigenvalue weighted by Gasteiger charge is -2.29. The quantitative estimate of drug-likeness (QED) is 0.351. The highest BCUT2D eigenvalue weighted by Gasteiger charge is 2.46. The van der Waals surface area contributed by atoms with E-state index in [1.54, 1.807) is 0 Å². The van der Waals surface area contributed by atoms with Crippen LogP contribution in [0.25, 0.3) is 0 Å². The van der Waals surface area contributed by atoms with Crippen LogP contribution in [-0.4, -0.2) is 0 Å². The fourth-order valence-electron chi connectivity index (χ4n) is 3.39. The first-order chi connectivity index (χ1) is 8.44. The van der Waals surface area contributed by atoms with E-state index in [0.29, 0.717) is 11.3 Å². The lowest BCUT2D eigenvalue weighted by Crippen LogP contribution is -2.21. The Morgan fingerprint density at radius 3 is 2.94 bits per heavy atom. The molecule has 0 aromatic carbocycles. The van der Waals surface area contributed by atoms with Gasteiger partial charge in [-0.3, -0.25) is 0 Å². The molecule has 0 aromatic heterocycles. The highest BCUT2D eigenvalue weighted by atomic mass is 127. The van der Waals surface area contributed by atoms with Crippen LogP contribution in [0, 0.1) is 23.2 Å². The molecule has 3 unspecified atom stereocenters. The van der Waals surface area contributed by atoms with Crippen LogP contribution >= 0.6 is 45.2 Å². The van der Waals surface area contributed by atoms with Gasteiger partial charge < -0.3 is 0 Å². The smallest absolute Gasteiger partial charge is 0.00901 e. The lowest BCUT2D eigenvalue weighted by atomic mass is 9.77. The van der Waals surface area contributed by atoms with Gasteiger partial charge in [-0.25, -0.2) is 0 Å². The molecular weight excluding hydrogens is 446 g/mol. The second kappa shape index (κ2) is 5.81. The number of hydrogen-bond acceptors (Lipinski definition) is 0. The maximum absolute atomic E-state index is 3.83. The summed E-state index contributed by atoms with van der Waals surface area (Å²) in [6.07, 6.45) is 14.0. The van der Waals surface area contributed by atoms with E-state index in [1.165, 1.54) is 20.0 Å². The molecule has 0 heterocycles. The van der Waals surface area contributed by atoms with Crippen LogP contribution in [0.5, 0.6) is 0 Å². The number of rotatable bonds is 3. The molecule has 0 aromatic rings. The van der Waals surface area contributed by atoms with Crippen molar-refractivity contribution >= 4 is 45.2 Å². The lowest BCUT2D eigenvalue weighted by molar-refractivity contribution is 0.288. The van der Waals surface area contributed by atoms with E-state index in [9.17, 15) is 0 Å². The highest BCUT2D eigenvalue weighted by Crippen LogP contribution is 2.54. The van der Waals surface area contributed by atoms with Gasteiger partial charge in [0.2, 0.25) is 0 Å². The largest absolute Gasteiger partial charge is 0.0980 e. The second-order valence-electron chi connectivity index (χ2n) is 6.00. The Hall–Kier alpha value is 0.420. The van der Waals surface area contributed by atoms with Gasteiger partial charge in [0.05, 0.1) is 0 Å². The summed E-state index contributed by atoms with van der Waals surface area (Å²) in [5.74, 6) is 2.23. The van der Waals surface area contributed by atoms with Crippen LogP contribution in [0.4, 0.5) is 0 Å². The Labute approximate surface area is 138 Å². The third-order valence-corrected chi connectivity index (χ3v) is 5.88. The molecule has 0 spiro atoms. The molecular formula is C16H20I2. The molecule has 0 radical (unpaired) electrons. The van der Waals surface area contributed by atoms with Crippen LogP contribution in [-0.2, 0) is 0 Å². The molecule has 0 amide bonds. The van der Waals surface area contributed by atoms with Crippen molar-refractivity contribution in [2.45, 2.75) is 26.7 Å². The summed E-state index contributed by atoms with van der Waals surface area (Å²) in [5, 5.41) is 0. The molecule has 98 valence electrons. The van der Waals surface area contributed by atoms with Gasteiger partial charge in [-0.1, -0.05) is 50.8 Å². The van der Waals surface area contributed by atoms with E-state index in [1.807, 2.05) is 6.08 Å². The highest BCUT2D eigenvalue weighted by molar-refractivity contribution is 14.1. The van der Waals surface area contributed by atoms with Crippen LogP contribution in [0.15, 0.2) is 44.1 Å². The summed E-state index contributed by atoms with van der Waals surface area (Å²) in [6.45, 7) is 8.67. The predicted octanol–water partition coefficient (Wildman–Crippen LogP) is 6.05. The van der Waals surface area contributed by atoms with E-state index in [0.717, 1.165) is 11.8 Å². The monoisotopic (exact) mass is 466 g/mol. The summed E-state index contributed by atoms with van der Waals surface area (Å²) < 4.78 is 2.68. The third kappa shape index (κ3) is 3.11. The van der Waals surface area contributed by atoms with Crippen LogP contribution in [0.1, 0.15) is 26.7 Å². The van der Waals surface area contributed by atoms with E-state index in [2.05, 4.69) is 89.9 Å². The van der Waals surface area contributed by atoms with Crippen molar-refractivity contribution in [2.75, 3.05) is 0 Å². The molecule has 0 aliphatic heterocycles. The minimum atomic E-state index is 0.434. The van der Waals surface area contributed by atoms with Gasteiger partial charge in [0, 0.05) is 7.16 Å². The molecule has 3 atom stereocenters. The van der Waals surface area contributed by atoms with Crippen molar-refractivity contribution in [3.05, 3.63) is 44.1 Å². The van der Waals surface area contributed by atoms with Gasteiger partial charge >= 0.3 is 0 Å². The Kier molecular flexibility index (Phi) is 4.79. The summed E-state index contributed by atoms with van der Waals surface area (Å²) in [7, 11) is 0. The number of halogens is 2. The minimum absolute atomic E-state index is 0.434. The average Bonchev–Trinajstić information content (AvgIpc) is 2.58. The fraction of sp³-hybridized carbons (Fsp3) is 0.500. The van der Waals surface area contributed by atoms with Crippen LogP contribution < -0.4 is 0 Å². The maximum atomic E-state index is 3.83. The molecule has 0 nitrogen and oxygen atoms in total. The maximum Gasteiger partial charge on any atom is 0.00901 e. The Bertz CT molecular complexity index is 426. The minimum Gasteiger partial charge on any atom is -0.0980 e. The number of fused-ring (bicyclic) bond motifs is 1. The fourth-order valence-corrected chi connectivity index (χ4v) is 4.24. The number of allylic oxidation sites excluding steroid dienone is 7. The van der Waals surface area contributed by atoms with Crippen molar-refractivity contribution in [2.24, 2.45) is 23.2 Å². The Morgan fingerprint density at radius 2 is 2.28 bits per heavy atom. The van der Waals surface area contributed by atoms with Crippen molar-refractivity contribution in [3.63, 3.8) is 0 Å². The first-order valence-corrected chi connectivity index (χ1v) is 8.63. The first-order valence-electron chi connectivity index (χ1n) is 6.47. The van der Waals surface area contributed by atoms with Crippen LogP contribution in [0.2, 0.25) is 0 Å². The molecule has 0 bridgehead atoms. The zero-order valence-corrected chi connectivity index (χ0v) is 15.3. The summed E-state index contributed by atoms with van der Waals surface area (Å²) in [6, 6.07) is 0. The standard InChI is InChI=1S/C16H20I2/c1-4-12(17)6-5-11-10-16(2,3)15-9-13(18)7-8-14(11)15/h4,6-9,11,14-15H,1,5,10H2,2-3H3/b12-6+.